The Kier molecular flexibility index (Phi) is 5.46. The maximum Gasteiger partial charge on any atom is 0.162 e. The summed E-state index contributed by atoms with van der Waals surface area (Å²) >= 11 is 13.4. The number of halogens is 2. The van der Waals surface area contributed by atoms with Crippen molar-refractivity contribution in [2.24, 2.45) is 0 Å². The van der Waals surface area contributed by atoms with E-state index in [0.29, 0.717) is 0 Å². The third-order valence-electron chi connectivity index (χ3n) is 3.99. The minimum absolute atomic E-state index is 0.556. The van der Waals surface area contributed by atoms with Gasteiger partial charge in [0, 0.05) is 10.6 Å². The van der Waals surface area contributed by atoms with E-state index in [1.807, 2.05) is 91.0 Å². The van der Waals surface area contributed by atoms with Gasteiger partial charge >= 0.3 is 0 Å². The summed E-state index contributed by atoms with van der Waals surface area (Å²) in [6.07, 6.45) is 0. The van der Waals surface area contributed by atoms with E-state index in [-0.39, 0.29) is 0 Å². The first-order valence-electron chi connectivity index (χ1n) is 7.68. The minimum Gasteiger partial charge on any atom is -0.312 e. The van der Waals surface area contributed by atoms with Gasteiger partial charge in [-0.05, 0) is 5.56 Å². The molecule has 0 aliphatic rings. The zero-order valence-electron chi connectivity index (χ0n) is 12.9. The summed E-state index contributed by atoms with van der Waals surface area (Å²) in [5, 5.41) is 0.140. The maximum absolute atomic E-state index is 14.1. The average molecular weight is 375 g/mol. The molecule has 0 aromatic heterocycles. The molecule has 0 aliphatic carbocycles. The third-order valence-corrected chi connectivity index (χ3v) is 9.00. The molecule has 3 aromatic rings. The van der Waals surface area contributed by atoms with Crippen molar-refractivity contribution in [2.75, 3.05) is 0 Å². The van der Waals surface area contributed by atoms with Gasteiger partial charge in [0.15, 0.2) is 7.14 Å². The standard InChI is InChI=1S/C20H17Cl2OP/c21-19(16-10-4-1-5-11-16)20(22)24(23,17-12-6-2-7-13-17)18-14-8-3-9-15-18/h1-15,19-20H/t19-,20-/m1/s1. The monoisotopic (exact) mass is 374 g/mol. The van der Waals surface area contributed by atoms with Crippen molar-refractivity contribution in [1.82, 2.24) is 0 Å². The van der Waals surface area contributed by atoms with E-state index < -0.39 is 17.6 Å². The van der Waals surface area contributed by atoms with Crippen LogP contribution in [-0.2, 0) is 4.57 Å². The molecule has 0 radical (unpaired) electrons. The molecule has 1 nitrogen and oxygen atoms in total. The quantitative estimate of drug-likeness (QED) is 0.422. The maximum atomic E-state index is 14.1. The fourth-order valence-corrected chi connectivity index (χ4v) is 6.79. The molecule has 122 valence electrons. The highest BCUT2D eigenvalue weighted by Gasteiger charge is 2.40. The number of alkyl halides is 2. The lowest BCUT2D eigenvalue weighted by molar-refractivity contribution is 0.584. The van der Waals surface area contributed by atoms with E-state index in [4.69, 9.17) is 23.2 Å². The third kappa shape index (κ3) is 3.30. The molecular formula is C20H17Cl2OP. The number of hydrogen-bond acceptors (Lipinski definition) is 1. The Morgan fingerprint density at radius 2 is 1.00 bits per heavy atom. The predicted molar refractivity (Wildman–Crippen MR) is 104 cm³/mol. The van der Waals surface area contributed by atoms with Crippen molar-refractivity contribution in [2.45, 2.75) is 10.5 Å². The van der Waals surface area contributed by atoms with Gasteiger partial charge in [0.25, 0.3) is 0 Å². The molecule has 0 spiro atoms. The average Bonchev–Trinajstić information content (AvgIpc) is 2.68. The van der Waals surface area contributed by atoms with Gasteiger partial charge in [-0.3, -0.25) is 0 Å². The van der Waals surface area contributed by atoms with E-state index in [1.165, 1.54) is 0 Å². The van der Waals surface area contributed by atoms with E-state index in [2.05, 4.69) is 0 Å². The van der Waals surface area contributed by atoms with Gasteiger partial charge in [-0.25, -0.2) is 0 Å². The summed E-state index contributed by atoms with van der Waals surface area (Å²) in [5.74, 6) is 0. The molecule has 0 aliphatic heterocycles. The van der Waals surface area contributed by atoms with Crippen molar-refractivity contribution in [3.63, 3.8) is 0 Å². The highest BCUT2D eigenvalue weighted by Crippen LogP contribution is 2.56. The second-order valence-electron chi connectivity index (χ2n) is 5.51. The molecule has 0 bridgehead atoms. The first-order chi connectivity index (χ1) is 11.6. The Balaban J connectivity index is 2.11. The summed E-state index contributed by atoms with van der Waals surface area (Å²) in [6.45, 7) is 0. The van der Waals surface area contributed by atoms with Crippen molar-refractivity contribution >= 4 is 41.0 Å². The largest absolute Gasteiger partial charge is 0.312 e. The van der Waals surface area contributed by atoms with Crippen LogP contribution in [0, 0.1) is 0 Å². The van der Waals surface area contributed by atoms with E-state index in [1.54, 1.807) is 0 Å². The summed E-state index contributed by atoms with van der Waals surface area (Å²) in [5.41, 5.74) is 0.867. The first-order valence-corrected chi connectivity index (χ1v) is 10.3. The van der Waals surface area contributed by atoms with Gasteiger partial charge in [-0.15, -0.1) is 23.2 Å². The van der Waals surface area contributed by atoms with Crippen LogP contribution in [0.3, 0.4) is 0 Å². The lowest BCUT2D eigenvalue weighted by Gasteiger charge is -2.27. The fourth-order valence-electron chi connectivity index (χ4n) is 2.71. The molecular weight excluding hydrogens is 358 g/mol. The summed E-state index contributed by atoms with van der Waals surface area (Å²) in [7, 11) is -3.10. The van der Waals surface area contributed by atoms with Crippen LogP contribution < -0.4 is 10.6 Å². The minimum atomic E-state index is -3.10. The zero-order chi connectivity index (χ0) is 17.0. The van der Waals surface area contributed by atoms with Crippen LogP contribution in [0.2, 0.25) is 0 Å². The first kappa shape index (κ1) is 17.3. The Hall–Kier alpha value is -1.53. The lowest BCUT2D eigenvalue weighted by atomic mass is 10.2. The Labute approximate surface area is 152 Å². The Morgan fingerprint density at radius 3 is 1.42 bits per heavy atom. The second kappa shape index (κ2) is 7.57. The van der Waals surface area contributed by atoms with Gasteiger partial charge in [0.2, 0.25) is 0 Å². The number of rotatable bonds is 5. The molecule has 4 heteroatoms. The van der Waals surface area contributed by atoms with E-state index in [0.717, 1.165) is 16.2 Å². The molecule has 0 N–H and O–H groups in total. The molecule has 0 fully saturated rings. The summed E-state index contributed by atoms with van der Waals surface area (Å²) in [4.78, 5) is 0. The molecule has 3 rings (SSSR count). The highest BCUT2D eigenvalue weighted by atomic mass is 35.5. The highest BCUT2D eigenvalue weighted by molar-refractivity contribution is 7.80. The van der Waals surface area contributed by atoms with Gasteiger partial charge < -0.3 is 4.57 Å². The molecule has 0 heterocycles. The second-order valence-corrected chi connectivity index (χ2v) is 9.66. The molecule has 0 amide bonds. The van der Waals surface area contributed by atoms with Crippen LogP contribution in [0.4, 0.5) is 0 Å². The Morgan fingerprint density at radius 1 is 0.625 bits per heavy atom. The topological polar surface area (TPSA) is 17.1 Å². The van der Waals surface area contributed by atoms with Crippen LogP contribution in [0.1, 0.15) is 10.9 Å². The van der Waals surface area contributed by atoms with Crippen LogP contribution in [0.15, 0.2) is 91.0 Å². The van der Waals surface area contributed by atoms with Crippen molar-refractivity contribution in [3.05, 3.63) is 96.6 Å². The normalized spacial score (nSPS) is 14.1. The number of hydrogen-bond donors (Lipinski definition) is 0. The van der Waals surface area contributed by atoms with Crippen molar-refractivity contribution in [3.8, 4) is 0 Å². The van der Waals surface area contributed by atoms with Crippen molar-refractivity contribution < 1.29 is 4.57 Å². The molecule has 24 heavy (non-hydrogen) atoms. The molecule has 0 saturated carbocycles. The molecule has 2 atom stereocenters. The van der Waals surface area contributed by atoms with Crippen LogP contribution in [0.25, 0.3) is 0 Å². The van der Waals surface area contributed by atoms with Gasteiger partial charge in [0.1, 0.15) is 5.12 Å². The van der Waals surface area contributed by atoms with Crippen LogP contribution in [-0.4, -0.2) is 5.12 Å². The SMILES string of the molecule is O=P(c1ccccc1)(c1ccccc1)[C@@H](Cl)[C@H](Cl)c1ccccc1. The van der Waals surface area contributed by atoms with Gasteiger partial charge in [0.05, 0.1) is 5.38 Å². The van der Waals surface area contributed by atoms with Crippen LogP contribution >= 0.6 is 30.3 Å². The number of benzene rings is 3. The lowest BCUT2D eigenvalue weighted by Crippen LogP contribution is -2.25. The summed E-state index contributed by atoms with van der Waals surface area (Å²) < 4.78 is 14.1. The van der Waals surface area contributed by atoms with E-state index in [9.17, 15) is 4.57 Å². The smallest absolute Gasteiger partial charge is 0.162 e. The van der Waals surface area contributed by atoms with Gasteiger partial charge in [-0.2, -0.15) is 0 Å². The zero-order valence-corrected chi connectivity index (χ0v) is 15.3. The van der Waals surface area contributed by atoms with Gasteiger partial charge in [-0.1, -0.05) is 91.0 Å². The Bertz CT molecular complexity index is 779. The van der Waals surface area contributed by atoms with Crippen molar-refractivity contribution in [1.29, 1.82) is 0 Å². The van der Waals surface area contributed by atoms with E-state index >= 15 is 0 Å². The molecule has 3 aromatic carbocycles. The fraction of sp³-hybridized carbons (Fsp3) is 0.100. The predicted octanol–water partition coefficient (Wildman–Crippen LogP) is 5.55. The molecule has 0 saturated heterocycles. The van der Waals surface area contributed by atoms with Crippen LogP contribution in [0.5, 0.6) is 0 Å². The summed E-state index contributed by atoms with van der Waals surface area (Å²) in [6, 6.07) is 28.3. The molecule has 0 unspecified atom stereocenters.